The van der Waals surface area contributed by atoms with E-state index in [1.54, 1.807) is 30.3 Å². The van der Waals surface area contributed by atoms with Crippen molar-refractivity contribution in [2.45, 2.75) is 0 Å². The summed E-state index contributed by atoms with van der Waals surface area (Å²) in [7, 11) is 1.29. The van der Waals surface area contributed by atoms with Crippen molar-refractivity contribution >= 4 is 50.2 Å². The molecule has 0 fully saturated rings. The minimum atomic E-state index is -0.545. The van der Waals surface area contributed by atoms with Gasteiger partial charge in [-0.05, 0) is 48.5 Å². The molecule has 3 rings (SSSR count). The maximum Gasteiger partial charge on any atom is 0.411 e. The molecule has 122 valence electrons. The smallest absolute Gasteiger partial charge is 0.411 e. The van der Waals surface area contributed by atoms with E-state index in [9.17, 15) is 9.59 Å². The zero-order chi connectivity index (χ0) is 17.1. The first-order chi connectivity index (χ1) is 11.5. The van der Waals surface area contributed by atoms with Crippen molar-refractivity contribution in [2.24, 2.45) is 0 Å². The van der Waals surface area contributed by atoms with Gasteiger partial charge in [-0.2, -0.15) is 0 Å². The van der Waals surface area contributed by atoms with Gasteiger partial charge < -0.3 is 15.0 Å². The van der Waals surface area contributed by atoms with E-state index in [0.717, 1.165) is 15.4 Å². The Hall–Kier alpha value is -2.80. The lowest BCUT2D eigenvalue weighted by Crippen LogP contribution is -2.13. The number of hydrogen-bond acceptors (Lipinski definition) is 3. The van der Waals surface area contributed by atoms with Crippen LogP contribution in [0.25, 0.3) is 10.9 Å². The molecule has 2 amide bonds. The van der Waals surface area contributed by atoms with Crippen LogP contribution in [0.4, 0.5) is 16.2 Å². The summed E-state index contributed by atoms with van der Waals surface area (Å²) < 4.78 is 5.47. The number of ether oxygens (including phenoxy) is 1. The number of benzene rings is 2. The number of carbonyl (C=O) groups excluding carboxylic acids is 2. The van der Waals surface area contributed by atoms with Gasteiger partial charge in [0.25, 0.3) is 5.91 Å². The fraction of sp³-hybridized carbons (Fsp3) is 0.0588. The first-order valence-corrected chi connectivity index (χ1v) is 7.89. The quantitative estimate of drug-likeness (QED) is 0.624. The van der Waals surface area contributed by atoms with Crippen LogP contribution in [-0.2, 0) is 4.74 Å². The summed E-state index contributed by atoms with van der Waals surface area (Å²) in [4.78, 5) is 26.5. The van der Waals surface area contributed by atoms with Gasteiger partial charge in [0.15, 0.2) is 0 Å². The number of nitrogens with one attached hydrogen (secondary N) is 3. The van der Waals surface area contributed by atoms with E-state index in [1.807, 2.05) is 18.2 Å². The minimum absolute atomic E-state index is 0.240. The fourth-order valence-corrected chi connectivity index (χ4v) is 2.61. The Morgan fingerprint density at radius 3 is 2.33 bits per heavy atom. The lowest BCUT2D eigenvalue weighted by atomic mass is 10.2. The van der Waals surface area contributed by atoms with Crippen LogP contribution in [-0.4, -0.2) is 24.1 Å². The third kappa shape index (κ3) is 3.57. The lowest BCUT2D eigenvalue weighted by molar-refractivity contribution is 0.102. The molecule has 0 aliphatic heterocycles. The summed E-state index contributed by atoms with van der Waals surface area (Å²) in [6.45, 7) is 0. The van der Waals surface area contributed by atoms with Crippen molar-refractivity contribution in [2.75, 3.05) is 17.7 Å². The summed E-state index contributed by atoms with van der Waals surface area (Å²) in [5.74, 6) is -0.240. The first-order valence-electron chi connectivity index (χ1n) is 7.10. The van der Waals surface area contributed by atoms with Gasteiger partial charge in [0.1, 0.15) is 5.69 Å². The Morgan fingerprint density at radius 2 is 1.67 bits per heavy atom. The number of rotatable bonds is 3. The number of fused-ring (bicyclic) bond motifs is 1. The molecule has 2 aromatic carbocycles. The normalized spacial score (nSPS) is 10.4. The lowest BCUT2D eigenvalue weighted by Gasteiger charge is -2.06. The van der Waals surface area contributed by atoms with E-state index in [-0.39, 0.29) is 5.91 Å². The third-order valence-corrected chi connectivity index (χ3v) is 3.90. The highest BCUT2D eigenvalue weighted by Crippen LogP contribution is 2.21. The van der Waals surface area contributed by atoms with Crippen LogP contribution >= 0.6 is 15.9 Å². The summed E-state index contributed by atoms with van der Waals surface area (Å²) in [5, 5.41) is 6.30. The second-order valence-corrected chi connectivity index (χ2v) is 5.98. The number of aromatic nitrogens is 1. The maximum absolute atomic E-state index is 12.3. The van der Waals surface area contributed by atoms with Crippen LogP contribution in [0.1, 0.15) is 10.5 Å². The van der Waals surface area contributed by atoms with Crippen LogP contribution in [0.15, 0.2) is 53.0 Å². The summed E-state index contributed by atoms with van der Waals surface area (Å²) >= 11 is 3.41. The number of methoxy groups -OCH3 is 1. The molecular formula is C17H14BrN3O3. The Balaban J connectivity index is 1.72. The molecule has 0 saturated heterocycles. The molecule has 0 bridgehead atoms. The Labute approximate surface area is 146 Å². The molecule has 1 heterocycles. The minimum Gasteiger partial charge on any atom is -0.453 e. The Morgan fingerprint density at radius 1 is 1.00 bits per heavy atom. The van der Waals surface area contributed by atoms with E-state index < -0.39 is 6.09 Å². The second kappa shape index (κ2) is 6.76. The fourth-order valence-electron chi connectivity index (χ4n) is 2.23. The topological polar surface area (TPSA) is 83.2 Å². The standard InChI is InChI=1S/C17H14BrN3O3/c1-24-17(23)20-13-5-3-12(4-6-13)19-16(22)15-9-10-8-11(18)2-7-14(10)21-15/h2-9,21H,1H3,(H,19,22)(H,20,23). The van der Waals surface area contributed by atoms with E-state index in [4.69, 9.17) is 0 Å². The average molecular weight is 388 g/mol. The maximum atomic E-state index is 12.3. The van der Waals surface area contributed by atoms with Crippen molar-refractivity contribution < 1.29 is 14.3 Å². The first kappa shape index (κ1) is 16.1. The molecule has 0 aliphatic rings. The third-order valence-electron chi connectivity index (χ3n) is 3.40. The number of halogens is 1. The molecule has 24 heavy (non-hydrogen) atoms. The molecule has 3 N–H and O–H groups in total. The molecule has 0 saturated carbocycles. The number of amides is 2. The number of hydrogen-bond donors (Lipinski definition) is 3. The summed E-state index contributed by atoms with van der Waals surface area (Å²) in [5.41, 5.74) is 2.56. The second-order valence-electron chi connectivity index (χ2n) is 5.06. The van der Waals surface area contributed by atoms with E-state index in [1.165, 1.54) is 7.11 Å². The van der Waals surface area contributed by atoms with Gasteiger partial charge in [0.2, 0.25) is 0 Å². The van der Waals surface area contributed by atoms with E-state index >= 15 is 0 Å². The van der Waals surface area contributed by atoms with Crippen molar-refractivity contribution in [3.05, 3.63) is 58.7 Å². The zero-order valence-corrected chi connectivity index (χ0v) is 14.3. The van der Waals surface area contributed by atoms with Crippen LogP contribution < -0.4 is 10.6 Å². The molecule has 1 aromatic heterocycles. The molecule has 0 spiro atoms. The summed E-state index contributed by atoms with van der Waals surface area (Å²) in [6.07, 6.45) is -0.545. The van der Waals surface area contributed by atoms with Crippen LogP contribution in [0.5, 0.6) is 0 Å². The van der Waals surface area contributed by atoms with E-state index in [2.05, 4.69) is 36.3 Å². The highest BCUT2D eigenvalue weighted by atomic mass is 79.9. The number of carbonyl (C=O) groups is 2. The number of H-pyrrole nitrogens is 1. The number of anilines is 2. The van der Waals surface area contributed by atoms with Crippen LogP contribution in [0, 0.1) is 0 Å². The van der Waals surface area contributed by atoms with Crippen molar-refractivity contribution in [1.82, 2.24) is 4.98 Å². The predicted octanol–water partition coefficient (Wildman–Crippen LogP) is 4.36. The van der Waals surface area contributed by atoms with Crippen molar-refractivity contribution in [3.63, 3.8) is 0 Å². The van der Waals surface area contributed by atoms with Gasteiger partial charge in [-0.3, -0.25) is 10.1 Å². The molecule has 0 radical (unpaired) electrons. The molecule has 6 nitrogen and oxygen atoms in total. The average Bonchev–Trinajstić information content (AvgIpc) is 2.99. The van der Waals surface area contributed by atoms with Gasteiger partial charge in [-0.25, -0.2) is 4.79 Å². The highest BCUT2D eigenvalue weighted by Gasteiger charge is 2.10. The van der Waals surface area contributed by atoms with Gasteiger partial charge in [-0.1, -0.05) is 15.9 Å². The molecule has 0 aliphatic carbocycles. The Kier molecular flexibility index (Phi) is 4.52. The molecular weight excluding hydrogens is 374 g/mol. The van der Waals surface area contributed by atoms with E-state index in [0.29, 0.717) is 17.1 Å². The van der Waals surface area contributed by atoms with Crippen molar-refractivity contribution in [1.29, 1.82) is 0 Å². The highest BCUT2D eigenvalue weighted by molar-refractivity contribution is 9.10. The zero-order valence-electron chi connectivity index (χ0n) is 12.7. The molecule has 3 aromatic rings. The van der Waals surface area contributed by atoms with Crippen LogP contribution in [0.2, 0.25) is 0 Å². The monoisotopic (exact) mass is 387 g/mol. The van der Waals surface area contributed by atoms with Gasteiger partial charge >= 0.3 is 6.09 Å². The largest absolute Gasteiger partial charge is 0.453 e. The molecule has 7 heteroatoms. The summed E-state index contributed by atoms with van der Waals surface area (Å²) in [6, 6.07) is 14.3. The Bertz CT molecular complexity index is 903. The molecule has 0 atom stereocenters. The SMILES string of the molecule is COC(=O)Nc1ccc(NC(=O)c2cc3cc(Br)ccc3[nH]2)cc1. The van der Waals surface area contributed by atoms with Gasteiger partial charge in [0, 0.05) is 26.8 Å². The van der Waals surface area contributed by atoms with Crippen molar-refractivity contribution in [3.8, 4) is 0 Å². The number of aromatic amines is 1. The van der Waals surface area contributed by atoms with Gasteiger partial charge in [0.05, 0.1) is 7.11 Å². The predicted molar refractivity (Wildman–Crippen MR) is 96.4 cm³/mol. The molecule has 0 unspecified atom stereocenters. The van der Waals surface area contributed by atoms with Crippen LogP contribution in [0.3, 0.4) is 0 Å². The van der Waals surface area contributed by atoms with Gasteiger partial charge in [-0.15, -0.1) is 0 Å².